The summed E-state index contributed by atoms with van der Waals surface area (Å²) in [7, 11) is 0. The molecule has 1 aromatic heterocycles. The fourth-order valence-corrected chi connectivity index (χ4v) is 3.52. The predicted molar refractivity (Wildman–Crippen MR) is 107 cm³/mol. The Kier molecular flexibility index (Phi) is 5.87. The molecule has 0 saturated heterocycles. The van der Waals surface area contributed by atoms with E-state index in [1.165, 1.54) is 0 Å². The molecular weight excluding hydrogens is 379 g/mol. The van der Waals surface area contributed by atoms with Gasteiger partial charge in [-0.2, -0.15) is 0 Å². The van der Waals surface area contributed by atoms with Crippen molar-refractivity contribution in [2.45, 2.75) is 53.5 Å². The van der Waals surface area contributed by atoms with Crippen molar-refractivity contribution in [3.05, 3.63) is 52.5 Å². The van der Waals surface area contributed by atoms with E-state index in [4.69, 9.17) is 0 Å². The second-order valence-corrected chi connectivity index (χ2v) is 8.80. The summed E-state index contributed by atoms with van der Waals surface area (Å²) >= 11 is 0. The first kappa shape index (κ1) is 21.1. The molecule has 0 atom stereocenters. The first-order valence-electron chi connectivity index (χ1n) is 9.72. The van der Waals surface area contributed by atoms with E-state index in [0.29, 0.717) is 24.3 Å². The molecule has 0 aliphatic carbocycles. The minimum absolute atomic E-state index is 0.0852. The SMILES string of the molecule is Cc1cc2c(nc1NC(=O)CC(C)(C)C)CCCN2Cc1cc(F)c(F)c(F)c1. The van der Waals surface area contributed by atoms with Crippen molar-refractivity contribution in [1.82, 2.24) is 4.98 Å². The van der Waals surface area contributed by atoms with Crippen molar-refractivity contribution in [1.29, 1.82) is 0 Å². The Morgan fingerprint density at radius 2 is 1.83 bits per heavy atom. The molecule has 7 heteroatoms. The van der Waals surface area contributed by atoms with E-state index in [1.54, 1.807) is 0 Å². The molecule has 1 aromatic carbocycles. The van der Waals surface area contributed by atoms with Crippen molar-refractivity contribution >= 4 is 17.4 Å². The Hall–Kier alpha value is -2.57. The van der Waals surface area contributed by atoms with E-state index in [1.807, 2.05) is 38.7 Å². The zero-order valence-electron chi connectivity index (χ0n) is 17.2. The molecule has 2 aromatic rings. The van der Waals surface area contributed by atoms with Crippen molar-refractivity contribution in [3.8, 4) is 0 Å². The fraction of sp³-hybridized carbons (Fsp3) is 0.455. The number of nitrogens with zero attached hydrogens (tertiary/aromatic N) is 2. The molecule has 0 spiro atoms. The Morgan fingerprint density at radius 3 is 2.45 bits per heavy atom. The van der Waals surface area contributed by atoms with Crippen LogP contribution in [-0.4, -0.2) is 17.4 Å². The highest BCUT2D eigenvalue weighted by molar-refractivity contribution is 5.91. The molecule has 1 amide bonds. The third-order valence-electron chi connectivity index (χ3n) is 4.82. The van der Waals surface area contributed by atoms with Crippen LogP contribution < -0.4 is 10.2 Å². The number of rotatable bonds is 4. The van der Waals surface area contributed by atoms with Gasteiger partial charge in [0.05, 0.1) is 11.4 Å². The van der Waals surface area contributed by atoms with Gasteiger partial charge < -0.3 is 10.2 Å². The maximum Gasteiger partial charge on any atom is 0.226 e. The Balaban J connectivity index is 1.83. The maximum absolute atomic E-state index is 13.6. The Morgan fingerprint density at radius 1 is 1.17 bits per heavy atom. The quantitative estimate of drug-likeness (QED) is 0.717. The second kappa shape index (κ2) is 8.05. The van der Waals surface area contributed by atoms with Crippen LogP contribution in [0.3, 0.4) is 0 Å². The van der Waals surface area contributed by atoms with Gasteiger partial charge in [-0.05, 0) is 54.5 Å². The molecule has 0 fully saturated rings. The standard InChI is InChI=1S/C22H26F3N3O/c1-13-8-18-17(26-21(13)27-19(29)11-22(2,3)4)6-5-7-28(18)12-14-9-15(23)20(25)16(24)10-14/h8-10H,5-7,11-12H2,1-4H3,(H,26,27,29). The van der Waals surface area contributed by atoms with E-state index < -0.39 is 17.5 Å². The number of amides is 1. The highest BCUT2D eigenvalue weighted by Gasteiger charge is 2.23. The monoisotopic (exact) mass is 405 g/mol. The molecule has 0 unspecified atom stereocenters. The molecule has 1 aliphatic rings. The smallest absolute Gasteiger partial charge is 0.226 e. The molecule has 3 rings (SSSR count). The molecular formula is C22H26F3N3O. The zero-order chi connectivity index (χ0) is 21.3. The van der Waals surface area contributed by atoms with Crippen molar-refractivity contribution in [2.75, 3.05) is 16.8 Å². The minimum Gasteiger partial charge on any atom is -0.366 e. The van der Waals surface area contributed by atoms with Crippen molar-refractivity contribution < 1.29 is 18.0 Å². The van der Waals surface area contributed by atoms with E-state index in [0.717, 1.165) is 41.9 Å². The fourth-order valence-electron chi connectivity index (χ4n) is 3.52. The van der Waals surface area contributed by atoms with Gasteiger partial charge in [0, 0.05) is 19.5 Å². The number of carbonyl (C=O) groups excluding carboxylic acids is 1. The molecule has 1 N–H and O–H groups in total. The largest absolute Gasteiger partial charge is 0.366 e. The van der Waals surface area contributed by atoms with E-state index >= 15 is 0 Å². The second-order valence-electron chi connectivity index (χ2n) is 8.80. The van der Waals surface area contributed by atoms with Crippen LogP contribution in [0.25, 0.3) is 0 Å². The Bertz CT molecular complexity index is 915. The molecule has 0 radical (unpaired) electrons. The van der Waals surface area contributed by atoms with Gasteiger partial charge >= 0.3 is 0 Å². The first-order valence-corrected chi connectivity index (χ1v) is 9.72. The molecule has 156 valence electrons. The summed E-state index contributed by atoms with van der Waals surface area (Å²) in [4.78, 5) is 18.9. The van der Waals surface area contributed by atoms with Crippen LogP contribution in [0.1, 0.15) is 50.4 Å². The van der Waals surface area contributed by atoms with Crippen LogP contribution in [0.5, 0.6) is 0 Å². The van der Waals surface area contributed by atoms with Gasteiger partial charge in [-0.25, -0.2) is 18.2 Å². The minimum atomic E-state index is -1.46. The molecule has 2 heterocycles. The van der Waals surface area contributed by atoms with E-state index in [2.05, 4.69) is 10.3 Å². The van der Waals surface area contributed by atoms with Gasteiger partial charge in [-0.3, -0.25) is 4.79 Å². The lowest BCUT2D eigenvalue weighted by molar-refractivity contribution is -0.117. The lowest BCUT2D eigenvalue weighted by atomic mass is 9.92. The summed E-state index contributed by atoms with van der Waals surface area (Å²) < 4.78 is 40.3. The van der Waals surface area contributed by atoms with Crippen LogP contribution in [0.2, 0.25) is 0 Å². The lowest BCUT2D eigenvalue weighted by Crippen LogP contribution is -2.30. The number of carbonyl (C=O) groups is 1. The number of hydrogen-bond acceptors (Lipinski definition) is 3. The van der Waals surface area contributed by atoms with Gasteiger partial charge in [-0.1, -0.05) is 20.8 Å². The number of hydrogen-bond donors (Lipinski definition) is 1. The maximum atomic E-state index is 13.6. The first-order chi connectivity index (χ1) is 13.5. The number of anilines is 2. The topological polar surface area (TPSA) is 45.2 Å². The molecule has 1 aliphatic heterocycles. The summed E-state index contributed by atoms with van der Waals surface area (Å²) in [5, 5.41) is 2.89. The molecule has 0 bridgehead atoms. The van der Waals surface area contributed by atoms with Gasteiger partial charge in [0.25, 0.3) is 0 Å². The predicted octanol–water partition coefficient (Wildman–Crippen LogP) is 5.13. The number of benzene rings is 1. The summed E-state index contributed by atoms with van der Waals surface area (Å²) in [5.74, 6) is -3.38. The normalized spacial score (nSPS) is 14.0. The lowest BCUT2D eigenvalue weighted by Gasteiger charge is -2.31. The van der Waals surface area contributed by atoms with Crippen LogP contribution in [0, 0.1) is 29.8 Å². The highest BCUT2D eigenvalue weighted by Crippen LogP contribution is 2.31. The van der Waals surface area contributed by atoms with Crippen molar-refractivity contribution in [3.63, 3.8) is 0 Å². The number of nitrogens with one attached hydrogen (secondary N) is 1. The van der Waals surface area contributed by atoms with Crippen LogP contribution in [0.15, 0.2) is 18.2 Å². The molecule has 29 heavy (non-hydrogen) atoms. The summed E-state index contributed by atoms with van der Waals surface area (Å²) in [6.07, 6.45) is 1.96. The van der Waals surface area contributed by atoms with Gasteiger partial charge in [0.2, 0.25) is 5.91 Å². The van der Waals surface area contributed by atoms with Crippen LogP contribution >= 0.6 is 0 Å². The summed E-state index contributed by atoms with van der Waals surface area (Å²) in [5.41, 5.74) is 2.75. The number of pyridine rings is 1. The van der Waals surface area contributed by atoms with E-state index in [9.17, 15) is 18.0 Å². The van der Waals surface area contributed by atoms with Gasteiger partial charge in [0.1, 0.15) is 5.82 Å². The van der Waals surface area contributed by atoms with E-state index in [-0.39, 0.29) is 17.9 Å². The zero-order valence-corrected chi connectivity index (χ0v) is 17.2. The van der Waals surface area contributed by atoms with Crippen LogP contribution in [0.4, 0.5) is 24.7 Å². The number of halogens is 3. The summed E-state index contributed by atoms with van der Waals surface area (Å²) in [6, 6.07) is 3.98. The van der Waals surface area contributed by atoms with Crippen molar-refractivity contribution in [2.24, 2.45) is 5.41 Å². The number of fused-ring (bicyclic) bond motifs is 1. The highest BCUT2D eigenvalue weighted by atomic mass is 19.2. The number of aryl methyl sites for hydroxylation is 2. The Labute approximate surface area is 169 Å². The molecule has 4 nitrogen and oxygen atoms in total. The van der Waals surface area contributed by atoms with Crippen LogP contribution in [-0.2, 0) is 17.8 Å². The van der Waals surface area contributed by atoms with Gasteiger partial charge in [0.15, 0.2) is 17.5 Å². The third kappa shape index (κ3) is 5.08. The summed E-state index contributed by atoms with van der Waals surface area (Å²) in [6.45, 7) is 8.81. The average molecular weight is 405 g/mol. The van der Waals surface area contributed by atoms with Gasteiger partial charge in [-0.15, -0.1) is 0 Å². The number of aromatic nitrogens is 1. The average Bonchev–Trinajstić information content (AvgIpc) is 2.59. The third-order valence-corrected chi connectivity index (χ3v) is 4.82. The molecule has 0 saturated carbocycles.